The van der Waals surface area contributed by atoms with Gasteiger partial charge in [-0.1, -0.05) is 11.3 Å². The van der Waals surface area contributed by atoms with Crippen molar-refractivity contribution in [1.82, 2.24) is 19.9 Å². The van der Waals surface area contributed by atoms with Crippen molar-refractivity contribution in [3.63, 3.8) is 0 Å². The molecule has 2 aliphatic heterocycles. The van der Waals surface area contributed by atoms with E-state index in [0.717, 1.165) is 44.0 Å². The van der Waals surface area contributed by atoms with E-state index in [1.54, 1.807) is 6.92 Å². The average molecular weight is 377 g/mol. The minimum Gasteiger partial charge on any atom is -0.376 e. The number of rotatable bonds is 4. The van der Waals surface area contributed by atoms with Gasteiger partial charge in [-0.05, 0) is 32.6 Å². The topological polar surface area (TPSA) is 88.8 Å². The molecule has 1 N–H and O–H groups in total. The van der Waals surface area contributed by atoms with E-state index < -0.39 is 0 Å². The van der Waals surface area contributed by atoms with E-state index in [-0.39, 0.29) is 23.5 Å². The number of aryl methyl sites for hydroxylation is 1. The van der Waals surface area contributed by atoms with Crippen molar-refractivity contribution < 1.29 is 9.53 Å². The molecule has 26 heavy (non-hydrogen) atoms. The van der Waals surface area contributed by atoms with Crippen LogP contribution in [0.15, 0.2) is 10.9 Å². The second kappa shape index (κ2) is 7.32. The summed E-state index contributed by atoms with van der Waals surface area (Å²) in [5.74, 6) is 0.0148. The summed E-state index contributed by atoms with van der Waals surface area (Å²) in [5, 5.41) is 8.20. The summed E-state index contributed by atoms with van der Waals surface area (Å²) in [6.07, 6.45) is 4.04. The Morgan fingerprint density at radius 3 is 3.12 bits per heavy atom. The molecule has 1 amide bonds. The smallest absolute Gasteiger partial charge is 0.275 e. The summed E-state index contributed by atoms with van der Waals surface area (Å²) >= 11 is 1.39. The van der Waals surface area contributed by atoms with E-state index in [9.17, 15) is 9.59 Å². The first-order valence-electron chi connectivity index (χ1n) is 9.12. The maximum absolute atomic E-state index is 12.5. The van der Waals surface area contributed by atoms with E-state index in [4.69, 9.17) is 4.74 Å². The zero-order valence-electron chi connectivity index (χ0n) is 14.8. The number of piperidine rings is 1. The van der Waals surface area contributed by atoms with Crippen molar-refractivity contribution in [2.75, 3.05) is 31.1 Å². The minimum absolute atomic E-state index is 0.0661. The van der Waals surface area contributed by atoms with Gasteiger partial charge in [-0.2, -0.15) is 4.52 Å². The number of nitrogens with one attached hydrogen (secondary N) is 1. The lowest BCUT2D eigenvalue weighted by atomic mass is 9.97. The van der Waals surface area contributed by atoms with Gasteiger partial charge in [0, 0.05) is 38.0 Å². The van der Waals surface area contributed by atoms with Gasteiger partial charge in [-0.3, -0.25) is 9.59 Å². The van der Waals surface area contributed by atoms with E-state index in [0.29, 0.717) is 23.7 Å². The zero-order chi connectivity index (χ0) is 18.1. The van der Waals surface area contributed by atoms with Gasteiger partial charge in [0.25, 0.3) is 5.56 Å². The Morgan fingerprint density at radius 2 is 2.31 bits per heavy atom. The number of carbonyl (C=O) groups excluding carboxylic acids is 1. The Morgan fingerprint density at radius 1 is 1.42 bits per heavy atom. The number of hydrogen-bond acceptors (Lipinski definition) is 7. The fourth-order valence-corrected chi connectivity index (χ4v) is 4.55. The molecule has 9 heteroatoms. The van der Waals surface area contributed by atoms with Crippen LogP contribution in [0.3, 0.4) is 0 Å². The molecule has 0 aromatic carbocycles. The number of anilines is 1. The summed E-state index contributed by atoms with van der Waals surface area (Å²) < 4.78 is 6.90. The number of hydrogen-bond donors (Lipinski definition) is 1. The maximum Gasteiger partial charge on any atom is 0.275 e. The van der Waals surface area contributed by atoms with E-state index in [1.807, 2.05) is 0 Å². The van der Waals surface area contributed by atoms with E-state index in [2.05, 4.69) is 20.3 Å². The number of fused-ring (bicyclic) bond motifs is 1. The third-order valence-corrected chi connectivity index (χ3v) is 5.92. The molecule has 2 aliphatic rings. The summed E-state index contributed by atoms with van der Waals surface area (Å²) in [6, 6.07) is 1.48. The van der Waals surface area contributed by atoms with Crippen LogP contribution in [0.4, 0.5) is 5.13 Å². The SMILES string of the molecule is Cc1cc(=O)n2nc(N3CCC[C@@H](C(=O)NC[C@@H]4CCCO4)C3)sc2n1. The molecule has 0 spiro atoms. The molecule has 0 aliphatic carbocycles. The van der Waals surface area contributed by atoms with Gasteiger partial charge in [0.2, 0.25) is 16.0 Å². The summed E-state index contributed by atoms with van der Waals surface area (Å²) in [4.78, 5) is 31.6. The van der Waals surface area contributed by atoms with Gasteiger partial charge in [-0.15, -0.1) is 5.10 Å². The van der Waals surface area contributed by atoms with Crippen LogP contribution in [0.2, 0.25) is 0 Å². The molecular weight excluding hydrogens is 354 g/mol. The molecule has 4 rings (SSSR count). The van der Waals surface area contributed by atoms with Crippen LogP contribution in [-0.2, 0) is 9.53 Å². The van der Waals surface area contributed by atoms with Gasteiger partial charge < -0.3 is 15.0 Å². The van der Waals surface area contributed by atoms with Crippen LogP contribution in [-0.4, -0.2) is 52.9 Å². The predicted octanol–water partition coefficient (Wildman–Crippen LogP) is 0.971. The third kappa shape index (κ3) is 3.59. The highest BCUT2D eigenvalue weighted by atomic mass is 32.1. The molecular formula is C17H23N5O3S. The second-order valence-corrected chi connectivity index (χ2v) is 7.91. The van der Waals surface area contributed by atoms with Gasteiger partial charge in [0.1, 0.15) is 0 Å². The molecule has 2 saturated heterocycles. The third-order valence-electron chi connectivity index (χ3n) is 4.95. The normalized spacial score (nSPS) is 23.5. The quantitative estimate of drug-likeness (QED) is 0.854. The molecule has 0 saturated carbocycles. The number of amides is 1. The summed E-state index contributed by atoms with van der Waals surface area (Å²) in [7, 11) is 0. The van der Waals surface area contributed by atoms with Crippen molar-refractivity contribution in [2.45, 2.75) is 38.7 Å². The number of aromatic nitrogens is 3. The van der Waals surface area contributed by atoms with Crippen LogP contribution < -0.4 is 15.8 Å². The van der Waals surface area contributed by atoms with Crippen LogP contribution >= 0.6 is 11.3 Å². The van der Waals surface area contributed by atoms with Gasteiger partial charge in [-0.25, -0.2) is 4.98 Å². The maximum atomic E-state index is 12.5. The Balaban J connectivity index is 1.43. The zero-order valence-corrected chi connectivity index (χ0v) is 15.6. The molecule has 0 bridgehead atoms. The van der Waals surface area contributed by atoms with Crippen molar-refractivity contribution in [2.24, 2.45) is 5.92 Å². The lowest BCUT2D eigenvalue weighted by molar-refractivity contribution is -0.125. The van der Waals surface area contributed by atoms with Crippen molar-refractivity contribution >= 4 is 27.3 Å². The molecule has 2 aromatic heterocycles. The average Bonchev–Trinajstić information content (AvgIpc) is 3.29. The van der Waals surface area contributed by atoms with E-state index in [1.165, 1.54) is 21.9 Å². The molecule has 0 unspecified atom stereocenters. The Labute approximate surface area is 155 Å². The molecule has 8 nitrogen and oxygen atoms in total. The minimum atomic E-state index is -0.169. The number of ether oxygens (including phenoxy) is 1. The van der Waals surface area contributed by atoms with Gasteiger partial charge >= 0.3 is 0 Å². The first-order chi connectivity index (χ1) is 12.6. The first kappa shape index (κ1) is 17.4. The van der Waals surface area contributed by atoms with E-state index >= 15 is 0 Å². The lowest BCUT2D eigenvalue weighted by Gasteiger charge is -2.31. The first-order valence-corrected chi connectivity index (χ1v) is 9.93. The van der Waals surface area contributed by atoms with Crippen LogP contribution in [0.25, 0.3) is 4.96 Å². The summed E-state index contributed by atoms with van der Waals surface area (Å²) in [5.41, 5.74) is 0.521. The highest BCUT2D eigenvalue weighted by molar-refractivity contribution is 7.20. The van der Waals surface area contributed by atoms with Gasteiger partial charge in [0.15, 0.2) is 0 Å². The van der Waals surface area contributed by atoms with Crippen LogP contribution in [0.5, 0.6) is 0 Å². The van der Waals surface area contributed by atoms with Crippen molar-refractivity contribution in [1.29, 1.82) is 0 Å². The van der Waals surface area contributed by atoms with Crippen molar-refractivity contribution in [3.05, 3.63) is 22.1 Å². The van der Waals surface area contributed by atoms with Crippen LogP contribution in [0, 0.1) is 12.8 Å². The second-order valence-electron chi connectivity index (χ2n) is 6.98. The largest absolute Gasteiger partial charge is 0.376 e. The van der Waals surface area contributed by atoms with Crippen molar-refractivity contribution in [3.8, 4) is 0 Å². The lowest BCUT2D eigenvalue weighted by Crippen LogP contribution is -2.44. The molecule has 140 valence electrons. The fraction of sp³-hybridized carbons (Fsp3) is 0.647. The number of carbonyl (C=O) groups is 1. The molecule has 4 heterocycles. The highest BCUT2D eigenvalue weighted by Gasteiger charge is 2.28. The monoisotopic (exact) mass is 377 g/mol. The Bertz CT molecular complexity index is 858. The molecule has 2 aromatic rings. The fourth-order valence-electron chi connectivity index (χ4n) is 3.57. The summed E-state index contributed by atoms with van der Waals surface area (Å²) in [6.45, 7) is 4.64. The van der Waals surface area contributed by atoms with Gasteiger partial charge in [0.05, 0.1) is 12.0 Å². The molecule has 2 fully saturated rings. The molecule has 0 radical (unpaired) electrons. The molecule has 2 atom stereocenters. The highest BCUT2D eigenvalue weighted by Crippen LogP contribution is 2.27. The number of nitrogens with zero attached hydrogens (tertiary/aromatic N) is 4. The standard InChI is InChI=1S/C17H23N5O3S/c1-11-8-14(23)22-16(19-11)26-17(20-22)21-6-2-4-12(10-21)15(24)18-9-13-5-3-7-25-13/h8,12-13H,2-7,9-10H2,1H3,(H,18,24)/t12-,13+/m1/s1. The Kier molecular flexibility index (Phi) is 4.90. The Hall–Kier alpha value is -2.00. The van der Waals surface area contributed by atoms with Crippen LogP contribution in [0.1, 0.15) is 31.4 Å². The predicted molar refractivity (Wildman–Crippen MR) is 98.8 cm³/mol.